The molecule has 0 spiro atoms. The van der Waals surface area contributed by atoms with Crippen LogP contribution < -0.4 is 0 Å². The van der Waals surface area contributed by atoms with Crippen LogP contribution in [0.15, 0.2) is 6.33 Å². The zero-order valence-corrected chi connectivity index (χ0v) is 11.2. The topological polar surface area (TPSA) is 60.2 Å². The Kier molecular flexibility index (Phi) is 3.96. The number of aromatic nitrogens is 3. The quantitative estimate of drug-likeness (QED) is 0.780. The molecule has 18 heavy (non-hydrogen) atoms. The van der Waals surface area contributed by atoms with E-state index in [4.69, 9.17) is 4.74 Å². The molecule has 2 heterocycles. The molecular weight excluding hydrogens is 232 g/mol. The highest BCUT2D eigenvalue weighted by atomic mass is 16.5. The summed E-state index contributed by atoms with van der Waals surface area (Å²) in [6.07, 6.45) is 3.00. The zero-order chi connectivity index (χ0) is 13.1. The molecule has 0 radical (unpaired) electrons. The van der Waals surface area contributed by atoms with Crippen LogP contribution in [0.1, 0.15) is 26.1 Å². The van der Waals surface area contributed by atoms with Crippen LogP contribution in [0.25, 0.3) is 0 Å². The average molecular weight is 252 g/mol. The van der Waals surface area contributed by atoms with E-state index < -0.39 is 0 Å². The van der Waals surface area contributed by atoms with Gasteiger partial charge in [-0.05, 0) is 13.8 Å². The highest BCUT2D eigenvalue weighted by Crippen LogP contribution is 2.12. The van der Waals surface area contributed by atoms with Gasteiger partial charge in [0.2, 0.25) is 5.91 Å². The lowest BCUT2D eigenvalue weighted by molar-refractivity contribution is -0.143. The molecule has 2 atom stereocenters. The van der Waals surface area contributed by atoms with Gasteiger partial charge >= 0.3 is 0 Å². The van der Waals surface area contributed by atoms with Crippen LogP contribution in [0.4, 0.5) is 0 Å². The third-order valence-corrected chi connectivity index (χ3v) is 3.14. The van der Waals surface area contributed by atoms with Gasteiger partial charge in [-0.2, -0.15) is 0 Å². The number of hydrogen-bond acceptors (Lipinski definition) is 4. The van der Waals surface area contributed by atoms with E-state index >= 15 is 0 Å². The minimum absolute atomic E-state index is 0.118. The fraction of sp³-hybridized carbons (Fsp3) is 0.750. The van der Waals surface area contributed by atoms with Crippen LogP contribution >= 0.6 is 0 Å². The van der Waals surface area contributed by atoms with Gasteiger partial charge in [0.15, 0.2) is 0 Å². The number of nitrogens with zero attached hydrogens (tertiary/aromatic N) is 4. The van der Waals surface area contributed by atoms with E-state index in [1.807, 2.05) is 30.4 Å². The molecule has 6 heteroatoms. The van der Waals surface area contributed by atoms with Gasteiger partial charge in [-0.25, -0.2) is 0 Å². The van der Waals surface area contributed by atoms with Crippen molar-refractivity contribution in [1.82, 2.24) is 19.7 Å². The van der Waals surface area contributed by atoms with Crippen LogP contribution in [0.3, 0.4) is 0 Å². The van der Waals surface area contributed by atoms with Gasteiger partial charge in [0, 0.05) is 33.0 Å². The highest BCUT2D eigenvalue weighted by molar-refractivity contribution is 5.76. The van der Waals surface area contributed by atoms with Crippen molar-refractivity contribution in [1.29, 1.82) is 0 Å². The van der Waals surface area contributed by atoms with Crippen molar-refractivity contribution in [3.8, 4) is 0 Å². The molecule has 1 aliphatic rings. The lowest BCUT2D eigenvalue weighted by Crippen LogP contribution is -2.48. The maximum atomic E-state index is 12.1. The SMILES string of the molecule is C[C@@H]1CN(C(=O)CCc2nncn2C)C[C@H](C)O1. The minimum atomic E-state index is 0.118. The van der Waals surface area contributed by atoms with Gasteiger partial charge in [-0.3, -0.25) is 4.79 Å². The molecule has 0 aromatic carbocycles. The number of hydrogen-bond donors (Lipinski definition) is 0. The first kappa shape index (κ1) is 13.0. The van der Waals surface area contributed by atoms with Gasteiger partial charge in [0.25, 0.3) is 0 Å². The first-order chi connectivity index (χ1) is 8.56. The van der Waals surface area contributed by atoms with E-state index in [1.165, 1.54) is 0 Å². The molecule has 0 aliphatic carbocycles. The fourth-order valence-electron chi connectivity index (χ4n) is 2.29. The highest BCUT2D eigenvalue weighted by Gasteiger charge is 2.25. The summed E-state index contributed by atoms with van der Waals surface area (Å²) >= 11 is 0. The van der Waals surface area contributed by atoms with Crippen molar-refractivity contribution in [2.24, 2.45) is 7.05 Å². The molecule has 2 rings (SSSR count). The molecule has 0 saturated carbocycles. The molecule has 100 valence electrons. The first-order valence-electron chi connectivity index (χ1n) is 6.32. The van der Waals surface area contributed by atoms with Gasteiger partial charge in [-0.1, -0.05) is 0 Å². The molecule has 0 unspecified atom stereocenters. The number of carbonyl (C=O) groups is 1. The number of morpholine rings is 1. The molecule has 0 bridgehead atoms. The lowest BCUT2D eigenvalue weighted by Gasteiger charge is -2.35. The zero-order valence-electron chi connectivity index (χ0n) is 11.2. The van der Waals surface area contributed by atoms with Crippen molar-refractivity contribution in [2.45, 2.75) is 38.9 Å². The van der Waals surface area contributed by atoms with Crippen molar-refractivity contribution in [2.75, 3.05) is 13.1 Å². The van der Waals surface area contributed by atoms with Gasteiger partial charge in [0.1, 0.15) is 12.2 Å². The average Bonchev–Trinajstić information content (AvgIpc) is 2.70. The Hall–Kier alpha value is -1.43. The second kappa shape index (κ2) is 5.48. The predicted molar refractivity (Wildman–Crippen MR) is 65.9 cm³/mol. The summed E-state index contributed by atoms with van der Waals surface area (Å²) in [4.78, 5) is 14.0. The fourth-order valence-corrected chi connectivity index (χ4v) is 2.29. The first-order valence-corrected chi connectivity index (χ1v) is 6.32. The van der Waals surface area contributed by atoms with E-state index in [2.05, 4.69) is 10.2 Å². The maximum absolute atomic E-state index is 12.1. The standard InChI is InChI=1S/C12H20N4O2/c1-9-6-16(7-10(2)18-9)12(17)5-4-11-14-13-8-15(11)3/h8-10H,4-7H2,1-3H3/t9-,10+. The molecular formula is C12H20N4O2. The molecule has 1 fully saturated rings. The summed E-state index contributed by atoms with van der Waals surface area (Å²) in [7, 11) is 1.89. The summed E-state index contributed by atoms with van der Waals surface area (Å²) in [6.45, 7) is 5.36. The molecule has 1 aromatic rings. The van der Waals surface area contributed by atoms with Crippen molar-refractivity contribution >= 4 is 5.91 Å². The Labute approximate surface area is 107 Å². The monoisotopic (exact) mass is 252 g/mol. The van der Waals surface area contributed by atoms with Crippen LogP contribution in [-0.2, 0) is 23.0 Å². The van der Waals surface area contributed by atoms with Crippen molar-refractivity contribution in [3.63, 3.8) is 0 Å². The molecule has 1 amide bonds. The summed E-state index contributed by atoms with van der Waals surface area (Å²) in [5, 5.41) is 7.78. The summed E-state index contributed by atoms with van der Waals surface area (Å²) < 4.78 is 7.46. The van der Waals surface area contributed by atoms with E-state index in [-0.39, 0.29) is 18.1 Å². The molecule has 6 nitrogen and oxygen atoms in total. The largest absolute Gasteiger partial charge is 0.372 e. The Morgan fingerprint density at radius 2 is 2.11 bits per heavy atom. The molecule has 1 saturated heterocycles. The van der Waals surface area contributed by atoms with Crippen LogP contribution in [-0.4, -0.2) is 50.9 Å². The van der Waals surface area contributed by atoms with Gasteiger partial charge in [0.05, 0.1) is 12.2 Å². The summed E-state index contributed by atoms with van der Waals surface area (Å²) in [5.41, 5.74) is 0. The Bertz CT molecular complexity index is 408. The number of ether oxygens (including phenoxy) is 1. The molecule has 1 aromatic heterocycles. The smallest absolute Gasteiger partial charge is 0.223 e. The number of rotatable bonds is 3. The predicted octanol–water partition coefficient (Wildman–Crippen LogP) is 0.383. The van der Waals surface area contributed by atoms with Gasteiger partial charge < -0.3 is 14.2 Å². The second-order valence-electron chi connectivity index (χ2n) is 4.91. The number of amides is 1. The van der Waals surface area contributed by atoms with Crippen LogP contribution in [0.5, 0.6) is 0 Å². The number of aryl methyl sites for hydroxylation is 2. The molecule has 0 N–H and O–H groups in total. The van der Waals surface area contributed by atoms with Crippen LogP contribution in [0.2, 0.25) is 0 Å². The summed E-state index contributed by atoms with van der Waals surface area (Å²) in [5.74, 6) is 1.01. The third-order valence-electron chi connectivity index (χ3n) is 3.14. The Balaban J connectivity index is 1.86. The van der Waals surface area contributed by atoms with Crippen molar-refractivity contribution in [3.05, 3.63) is 12.2 Å². The third kappa shape index (κ3) is 3.07. The Morgan fingerprint density at radius 3 is 2.67 bits per heavy atom. The number of carbonyl (C=O) groups excluding carboxylic acids is 1. The van der Waals surface area contributed by atoms with E-state index in [0.717, 1.165) is 5.82 Å². The lowest BCUT2D eigenvalue weighted by atomic mass is 10.2. The normalized spacial score (nSPS) is 24.3. The minimum Gasteiger partial charge on any atom is -0.372 e. The van der Waals surface area contributed by atoms with Crippen molar-refractivity contribution < 1.29 is 9.53 Å². The van der Waals surface area contributed by atoms with Gasteiger partial charge in [-0.15, -0.1) is 10.2 Å². The summed E-state index contributed by atoms with van der Waals surface area (Å²) in [6, 6.07) is 0. The Morgan fingerprint density at radius 1 is 1.44 bits per heavy atom. The second-order valence-corrected chi connectivity index (χ2v) is 4.91. The van der Waals surface area contributed by atoms with E-state index in [1.54, 1.807) is 6.33 Å². The molecule has 1 aliphatic heterocycles. The van der Waals surface area contributed by atoms with E-state index in [9.17, 15) is 4.79 Å². The maximum Gasteiger partial charge on any atom is 0.223 e. The van der Waals surface area contributed by atoms with Crippen LogP contribution in [0, 0.1) is 0 Å². The van der Waals surface area contributed by atoms with E-state index in [0.29, 0.717) is 25.9 Å².